The molecule has 19 heavy (non-hydrogen) atoms. The molecule has 1 atom stereocenters. The highest BCUT2D eigenvalue weighted by Gasteiger charge is 2.19. The largest absolute Gasteiger partial charge is 0.468 e. The molecular formula is C11H11FN4O2S. The number of methoxy groups -OCH3 is 1. The number of carbonyl (C=O) groups is 1. The molecule has 0 saturated carbocycles. The van der Waals surface area contributed by atoms with Crippen LogP contribution >= 0.6 is 11.8 Å². The fraction of sp³-hybridized carbons (Fsp3) is 0.273. The minimum Gasteiger partial charge on any atom is -0.468 e. The van der Waals surface area contributed by atoms with E-state index in [1.54, 1.807) is 19.1 Å². The lowest BCUT2D eigenvalue weighted by molar-refractivity contribution is -0.139. The Morgan fingerprint density at radius 3 is 3.00 bits per heavy atom. The van der Waals surface area contributed by atoms with Gasteiger partial charge in [-0.3, -0.25) is 4.79 Å². The highest BCUT2D eigenvalue weighted by atomic mass is 32.2. The van der Waals surface area contributed by atoms with Gasteiger partial charge in [0.25, 0.3) is 0 Å². The molecule has 0 aliphatic carbocycles. The van der Waals surface area contributed by atoms with Gasteiger partial charge >= 0.3 is 5.97 Å². The highest BCUT2D eigenvalue weighted by Crippen LogP contribution is 2.23. The Balaban J connectivity index is 2.25. The van der Waals surface area contributed by atoms with Gasteiger partial charge < -0.3 is 4.74 Å². The first-order valence-corrected chi connectivity index (χ1v) is 6.28. The van der Waals surface area contributed by atoms with Gasteiger partial charge in [0, 0.05) is 0 Å². The molecule has 0 radical (unpaired) electrons. The highest BCUT2D eigenvalue weighted by molar-refractivity contribution is 8.00. The molecule has 0 aliphatic heterocycles. The number of ether oxygens (including phenoxy) is 1. The van der Waals surface area contributed by atoms with Crippen LogP contribution in [0, 0.1) is 5.82 Å². The van der Waals surface area contributed by atoms with Crippen LogP contribution in [0.25, 0.3) is 5.69 Å². The zero-order valence-corrected chi connectivity index (χ0v) is 11.1. The summed E-state index contributed by atoms with van der Waals surface area (Å²) < 4.78 is 19.2. The van der Waals surface area contributed by atoms with E-state index in [0.29, 0.717) is 10.8 Å². The summed E-state index contributed by atoms with van der Waals surface area (Å²) in [5, 5.41) is 11.1. The Morgan fingerprint density at radius 2 is 2.32 bits per heavy atom. The molecule has 0 aliphatic rings. The zero-order chi connectivity index (χ0) is 13.8. The van der Waals surface area contributed by atoms with Crippen LogP contribution in [-0.2, 0) is 9.53 Å². The van der Waals surface area contributed by atoms with Crippen LogP contribution in [0.2, 0.25) is 0 Å². The molecule has 6 nitrogen and oxygen atoms in total. The summed E-state index contributed by atoms with van der Waals surface area (Å²) in [5.74, 6) is -0.760. The van der Waals surface area contributed by atoms with Crippen LogP contribution in [0.4, 0.5) is 4.39 Å². The molecule has 0 bridgehead atoms. The second-order valence-electron chi connectivity index (χ2n) is 3.64. The molecule has 1 aromatic carbocycles. The maximum atomic E-state index is 13.2. The van der Waals surface area contributed by atoms with Gasteiger partial charge in [-0.25, -0.2) is 4.39 Å². The second-order valence-corrected chi connectivity index (χ2v) is 4.94. The van der Waals surface area contributed by atoms with Gasteiger partial charge in [0.1, 0.15) is 11.1 Å². The normalized spacial score (nSPS) is 12.2. The van der Waals surface area contributed by atoms with Gasteiger partial charge in [0.05, 0.1) is 12.8 Å². The first-order chi connectivity index (χ1) is 9.11. The molecule has 1 unspecified atom stereocenters. The van der Waals surface area contributed by atoms with E-state index < -0.39 is 5.25 Å². The van der Waals surface area contributed by atoms with Crippen LogP contribution in [0.15, 0.2) is 29.4 Å². The van der Waals surface area contributed by atoms with Crippen LogP contribution in [-0.4, -0.2) is 38.5 Å². The summed E-state index contributed by atoms with van der Waals surface area (Å²) in [7, 11) is 1.31. The lowest BCUT2D eigenvalue weighted by Gasteiger charge is -2.08. The molecule has 0 N–H and O–H groups in total. The Hall–Kier alpha value is -1.96. The molecule has 0 amide bonds. The van der Waals surface area contributed by atoms with E-state index in [9.17, 15) is 9.18 Å². The minimum absolute atomic E-state index is 0.376. The van der Waals surface area contributed by atoms with E-state index in [1.807, 2.05) is 0 Å². The summed E-state index contributed by atoms with van der Waals surface area (Å²) >= 11 is 1.14. The number of tetrazole rings is 1. The molecular weight excluding hydrogens is 271 g/mol. The van der Waals surface area contributed by atoms with E-state index in [2.05, 4.69) is 20.3 Å². The number of nitrogens with zero attached hydrogens (tertiary/aromatic N) is 4. The lowest BCUT2D eigenvalue weighted by atomic mass is 10.3. The predicted molar refractivity (Wildman–Crippen MR) is 66.4 cm³/mol. The number of hydrogen-bond donors (Lipinski definition) is 0. The molecule has 0 fully saturated rings. The fourth-order valence-electron chi connectivity index (χ4n) is 1.39. The van der Waals surface area contributed by atoms with E-state index in [0.717, 1.165) is 11.8 Å². The van der Waals surface area contributed by atoms with Crippen molar-refractivity contribution < 1.29 is 13.9 Å². The first kappa shape index (κ1) is 13.5. The third-order valence-electron chi connectivity index (χ3n) is 2.31. The Kier molecular flexibility index (Phi) is 4.10. The molecule has 8 heteroatoms. The number of hydrogen-bond acceptors (Lipinski definition) is 6. The van der Waals surface area contributed by atoms with Gasteiger partial charge in [-0.15, -0.1) is 5.10 Å². The maximum Gasteiger partial charge on any atom is 0.318 e. The Labute approximate surface area is 112 Å². The van der Waals surface area contributed by atoms with Gasteiger partial charge in [-0.2, -0.15) is 4.68 Å². The summed E-state index contributed by atoms with van der Waals surface area (Å²) in [4.78, 5) is 11.4. The SMILES string of the molecule is COC(=O)C(C)Sc1nnnn1-c1cccc(F)c1. The van der Waals surface area contributed by atoms with Crippen LogP contribution in [0.5, 0.6) is 0 Å². The van der Waals surface area contributed by atoms with Crippen molar-refractivity contribution in [2.75, 3.05) is 7.11 Å². The zero-order valence-electron chi connectivity index (χ0n) is 10.3. The van der Waals surface area contributed by atoms with Crippen LogP contribution in [0.1, 0.15) is 6.92 Å². The van der Waals surface area contributed by atoms with Gasteiger partial charge in [0.2, 0.25) is 5.16 Å². The van der Waals surface area contributed by atoms with Crippen molar-refractivity contribution in [1.29, 1.82) is 0 Å². The van der Waals surface area contributed by atoms with Crippen molar-refractivity contribution in [2.45, 2.75) is 17.3 Å². The standard InChI is InChI=1S/C11H11FN4O2S/c1-7(10(17)18-2)19-11-13-14-15-16(11)9-5-3-4-8(12)6-9/h3-7H,1-2H3. The van der Waals surface area contributed by atoms with Gasteiger partial charge in [-0.05, 0) is 35.5 Å². The second kappa shape index (κ2) is 5.79. The van der Waals surface area contributed by atoms with Crippen molar-refractivity contribution in [3.8, 4) is 5.69 Å². The quantitative estimate of drug-likeness (QED) is 0.624. The summed E-state index contributed by atoms with van der Waals surface area (Å²) in [6, 6.07) is 5.87. The van der Waals surface area contributed by atoms with Gasteiger partial charge in [-0.1, -0.05) is 17.8 Å². The average Bonchev–Trinajstić information content (AvgIpc) is 2.85. The number of halogens is 1. The van der Waals surface area contributed by atoms with E-state index in [4.69, 9.17) is 0 Å². The summed E-state index contributed by atoms with van der Waals surface area (Å²) in [6.45, 7) is 1.68. The van der Waals surface area contributed by atoms with E-state index >= 15 is 0 Å². The van der Waals surface area contributed by atoms with Crippen molar-refractivity contribution in [2.24, 2.45) is 0 Å². The summed E-state index contributed by atoms with van der Waals surface area (Å²) in [6.07, 6.45) is 0. The average molecular weight is 282 g/mol. The molecule has 1 heterocycles. The number of aromatic nitrogens is 4. The summed E-state index contributed by atoms with van der Waals surface area (Å²) in [5.41, 5.74) is 0.490. The number of benzene rings is 1. The minimum atomic E-state index is -0.455. The lowest BCUT2D eigenvalue weighted by Crippen LogP contribution is -2.15. The third kappa shape index (κ3) is 3.08. The van der Waals surface area contributed by atoms with Crippen LogP contribution < -0.4 is 0 Å². The monoisotopic (exact) mass is 282 g/mol. The number of carbonyl (C=O) groups excluding carboxylic acids is 1. The van der Waals surface area contributed by atoms with Crippen LogP contribution in [0.3, 0.4) is 0 Å². The van der Waals surface area contributed by atoms with Crippen molar-refractivity contribution in [3.63, 3.8) is 0 Å². The Bertz CT molecular complexity index is 590. The first-order valence-electron chi connectivity index (χ1n) is 5.40. The predicted octanol–water partition coefficient (Wildman–Crippen LogP) is 1.45. The fourth-order valence-corrected chi connectivity index (χ4v) is 2.23. The smallest absolute Gasteiger partial charge is 0.318 e. The molecule has 2 rings (SSSR count). The maximum absolute atomic E-state index is 13.2. The van der Waals surface area contributed by atoms with Crippen molar-refractivity contribution >= 4 is 17.7 Å². The van der Waals surface area contributed by atoms with E-state index in [1.165, 1.54) is 23.9 Å². The Morgan fingerprint density at radius 1 is 1.53 bits per heavy atom. The van der Waals surface area contributed by atoms with Crippen molar-refractivity contribution in [1.82, 2.24) is 20.2 Å². The molecule has 0 saturated heterocycles. The molecule has 100 valence electrons. The molecule has 0 spiro atoms. The van der Waals surface area contributed by atoms with E-state index in [-0.39, 0.29) is 11.8 Å². The molecule has 1 aromatic heterocycles. The number of rotatable bonds is 4. The third-order valence-corrected chi connectivity index (χ3v) is 3.32. The topological polar surface area (TPSA) is 69.9 Å². The number of thioether (sulfide) groups is 1. The molecule has 2 aromatic rings. The van der Waals surface area contributed by atoms with Gasteiger partial charge in [0.15, 0.2) is 0 Å². The number of esters is 1. The van der Waals surface area contributed by atoms with Crippen molar-refractivity contribution in [3.05, 3.63) is 30.1 Å².